The molecule has 1 unspecified atom stereocenters. The van der Waals surface area contributed by atoms with Gasteiger partial charge in [-0.3, -0.25) is 10.00 Å². The van der Waals surface area contributed by atoms with Crippen molar-refractivity contribution in [2.75, 3.05) is 13.1 Å². The number of hydrogen-bond donors (Lipinski definition) is 3. The number of carbonyl (C=O) groups is 2. The van der Waals surface area contributed by atoms with E-state index in [9.17, 15) is 9.59 Å². The van der Waals surface area contributed by atoms with Gasteiger partial charge in [-0.2, -0.15) is 0 Å². The highest BCUT2D eigenvalue weighted by Gasteiger charge is 2.23. The molecular formula is C22H29N3O5. The first-order chi connectivity index (χ1) is 14.4. The third-order valence-corrected chi connectivity index (χ3v) is 4.79. The Labute approximate surface area is 176 Å². The number of carboxylic acids is 2. The lowest BCUT2D eigenvalue weighted by atomic mass is 10.1. The van der Waals surface area contributed by atoms with Crippen molar-refractivity contribution in [2.45, 2.75) is 45.8 Å². The van der Waals surface area contributed by atoms with Crippen molar-refractivity contribution >= 4 is 11.9 Å². The van der Waals surface area contributed by atoms with E-state index >= 15 is 0 Å². The summed E-state index contributed by atoms with van der Waals surface area (Å²) in [6.07, 6.45) is 6.11. The Bertz CT molecular complexity index is 826. The fourth-order valence-corrected chi connectivity index (χ4v) is 3.28. The largest absolute Gasteiger partial charge is 0.478 e. The van der Waals surface area contributed by atoms with Gasteiger partial charge < -0.3 is 14.9 Å². The third kappa shape index (κ3) is 7.04. The molecule has 1 aliphatic heterocycles. The number of ether oxygens (including phenoxy) is 1. The van der Waals surface area contributed by atoms with Gasteiger partial charge in [0.1, 0.15) is 0 Å². The molecule has 0 spiro atoms. The van der Waals surface area contributed by atoms with Gasteiger partial charge in [0, 0.05) is 30.8 Å². The Kier molecular flexibility index (Phi) is 9.08. The predicted octanol–water partition coefficient (Wildman–Crippen LogP) is 3.70. The van der Waals surface area contributed by atoms with E-state index in [1.807, 2.05) is 18.2 Å². The van der Waals surface area contributed by atoms with Crippen LogP contribution in [0.4, 0.5) is 0 Å². The molecule has 0 aliphatic carbocycles. The molecule has 3 N–H and O–H groups in total. The first-order valence-corrected chi connectivity index (χ1v) is 10.1. The second-order valence-corrected chi connectivity index (χ2v) is 6.98. The summed E-state index contributed by atoms with van der Waals surface area (Å²) >= 11 is 0. The lowest BCUT2D eigenvalue weighted by Gasteiger charge is -2.33. The number of aromatic nitrogens is 2. The van der Waals surface area contributed by atoms with Crippen LogP contribution in [-0.4, -0.2) is 56.6 Å². The summed E-state index contributed by atoms with van der Waals surface area (Å²) in [5.41, 5.74) is 3.28. The first-order valence-electron chi connectivity index (χ1n) is 10.1. The topological polar surface area (TPSA) is 116 Å². The van der Waals surface area contributed by atoms with E-state index in [1.165, 1.54) is 19.3 Å². The van der Waals surface area contributed by atoms with Crippen molar-refractivity contribution in [3.05, 3.63) is 48.0 Å². The van der Waals surface area contributed by atoms with Gasteiger partial charge in [0.2, 0.25) is 5.88 Å². The average Bonchev–Trinajstić information content (AvgIpc) is 3.12. The van der Waals surface area contributed by atoms with Crippen molar-refractivity contribution in [3.63, 3.8) is 0 Å². The van der Waals surface area contributed by atoms with Crippen molar-refractivity contribution in [1.29, 1.82) is 0 Å². The molecule has 1 aromatic carbocycles. The molecule has 1 aliphatic rings. The number of aromatic amines is 1. The molecule has 30 heavy (non-hydrogen) atoms. The lowest BCUT2D eigenvalue weighted by Crippen LogP contribution is -2.42. The molecule has 0 amide bonds. The fraction of sp³-hybridized carbons (Fsp3) is 0.409. The number of rotatable bonds is 7. The summed E-state index contributed by atoms with van der Waals surface area (Å²) in [5, 5.41) is 23.2. The molecule has 1 atom stereocenters. The molecule has 0 bridgehead atoms. The molecule has 8 heteroatoms. The molecule has 3 rings (SSSR count). The quantitative estimate of drug-likeness (QED) is 0.591. The summed E-state index contributed by atoms with van der Waals surface area (Å²) in [6.45, 7) is 6.52. The normalized spacial score (nSPS) is 15.3. The highest BCUT2D eigenvalue weighted by atomic mass is 16.5. The van der Waals surface area contributed by atoms with Gasteiger partial charge in [0.05, 0.1) is 5.69 Å². The van der Waals surface area contributed by atoms with Crippen LogP contribution in [0, 0.1) is 6.92 Å². The maximum atomic E-state index is 9.55. The van der Waals surface area contributed by atoms with Crippen LogP contribution in [0.2, 0.25) is 0 Å². The van der Waals surface area contributed by atoms with Crippen molar-refractivity contribution in [3.8, 4) is 17.1 Å². The van der Waals surface area contributed by atoms with Crippen LogP contribution < -0.4 is 4.74 Å². The summed E-state index contributed by atoms with van der Waals surface area (Å²) in [6, 6.07) is 10.3. The minimum atomic E-state index is -1.26. The van der Waals surface area contributed by atoms with E-state index < -0.39 is 11.9 Å². The van der Waals surface area contributed by atoms with Crippen molar-refractivity contribution in [1.82, 2.24) is 15.1 Å². The maximum absolute atomic E-state index is 9.55. The van der Waals surface area contributed by atoms with Gasteiger partial charge in [-0.25, -0.2) is 9.59 Å². The standard InChI is InChI=1S/C18H25N3O.C4H4O4/c1-3-16(21-12-8-5-9-13-21)22-18-14(2)17(19-20-18)15-10-6-4-7-11-15;5-3(6)1-2-4(7)8/h4,6-7,10-11,16H,3,5,8-9,12-13H2,1-2H3,(H,19,20);1-2H,(H,5,6)(H,7,8)/b;2-1-. The zero-order valence-corrected chi connectivity index (χ0v) is 17.4. The molecule has 162 valence electrons. The second kappa shape index (κ2) is 11.8. The van der Waals surface area contributed by atoms with Gasteiger partial charge in [0.15, 0.2) is 6.23 Å². The Morgan fingerprint density at radius 3 is 2.27 bits per heavy atom. The van der Waals surface area contributed by atoms with Gasteiger partial charge in [-0.05, 0) is 31.7 Å². The number of benzene rings is 1. The molecule has 0 saturated carbocycles. The first kappa shape index (κ1) is 23.2. The molecular weight excluding hydrogens is 386 g/mol. The lowest BCUT2D eigenvalue weighted by molar-refractivity contribution is -0.134. The number of hydrogen-bond acceptors (Lipinski definition) is 5. The molecule has 1 aromatic heterocycles. The Hall–Kier alpha value is -3.13. The van der Waals surface area contributed by atoms with Crippen LogP contribution in [0.5, 0.6) is 5.88 Å². The van der Waals surface area contributed by atoms with Crippen LogP contribution >= 0.6 is 0 Å². The monoisotopic (exact) mass is 415 g/mol. The summed E-state index contributed by atoms with van der Waals surface area (Å²) in [5.74, 6) is -1.78. The van der Waals surface area contributed by atoms with Crippen LogP contribution in [0.3, 0.4) is 0 Å². The van der Waals surface area contributed by atoms with Gasteiger partial charge >= 0.3 is 11.9 Å². The van der Waals surface area contributed by atoms with Crippen LogP contribution in [-0.2, 0) is 9.59 Å². The second-order valence-electron chi connectivity index (χ2n) is 6.98. The Balaban J connectivity index is 0.000000343. The number of nitrogens with one attached hydrogen (secondary N) is 1. The fourth-order valence-electron chi connectivity index (χ4n) is 3.28. The molecule has 1 fully saturated rings. The summed E-state index contributed by atoms with van der Waals surface area (Å²) < 4.78 is 6.22. The van der Waals surface area contributed by atoms with E-state index in [0.29, 0.717) is 12.2 Å². The van der Waals surface area contributed by atoms with E-state index in [2.05, 4.69) is 41.1 Å². The van der Waals surface area contributed by atoms with Gasteiger partial charge in [-0.15, -0.1) is 5.10 Å². The third-order valence-electron chi connectivity index (χ3n) is 4.79. The minimum Gasteiger partial charge on any atom is -0.478 e. The SMILES string of the molecule is CCC(Oc1n[nH]c(-c2ccccc2)c1C)N1CCCCC1.O=C(O)/C=C\C(=O)O. The summed E-state index contributed by atoms with van der Waals surface area (Å²) in [7, 11) is 0. The average molecular weight is 415 g/mol. The number of piperidine rings is 1. The smallest absolute Gasteiger partial charge is 0.328 e. The van der Waals surface area contributed by atoms with E-state index in [1.54, 1.807) is 0 Å². The van der Waals surface area contributed by atoms with Crippen molar-refractivity contribution < 1.29 is 24.5 Å². The minimum absolute atomic E-state index is 0.130. The van der Waals surface area contributed by atoms with Gasteiger partial charge in [0.25, 0.3) is 0 Å². The highest BCUT2D eigenvalue weighted by molar-refractivity contribution is 5.89. The number of nitrogens with zero attached hydrogens (tertiary/aromatic N) is 2. The molecule has 1 saturated heterocycles. The van der Waals surface area contributed by atoms with E-state index in [4.69, 9.17) is 14.9 Å². The van der Waals surface area contributed by atoms with Crippen molar-refractivity contribution in [2.24, 2.45) is 0 Å². The van der Waals surface area contributed by atoms with Crippen LogP contribution in [0.15, 0.2) is 42.5 Å². The molecule has 0 radical (unpaired) electrons. The van der Waals surface area contributed by atoms with Crippen LogP contribution in [0.25, 0.3) is 11.3 Å². The van der Waals surface area contributed by atoms with E-state index in [0.717, 1.165) is 42.2 Å². The van der Waals surface area contributed by atoms with Gasteiger partial charge in [-0.1, -0.05) is 43.7 Å². The van der Waals surface area contributed by atoms with E-state index in [-0.39, 0.29) is 6.23 Å². The maximum Gasteiger partial charge on any atom is 0.328 e. The molecule has 2 heterocycles. The Morgan fingerprint density at radius 2 is 1.73 bits per heavy atom. The predicted molar refractivity (Wildman–Crippen MR) is 113 cm³/mol. The summed E-state index contributed by atoms with van der Waals surface area (Å²) in [4.78, 5) is 21.6. The number of carboxylic acid groups (broad SMARTS) is 2. The number of aliphatic carboxylic acids is 2. The number of likely N-dealkylation sites (tertiary alicyclic amines) is 1. The van der Waals surface area contributed by atoms with Crippen LogP contribution in [0.1, 0.15) is 38.2 Å². The zero-order chi connectivity index (χ0) is 21.9. The zero-order valence-electron chi connectivity index (χ0n) is 17.4. The molecule has 2 aromatic rings. The molecule has 8 nitrogen and oxygen atoms in total. The number of H-pyrrole nitrogens is 1. The Morgan fingerprint density at radius 1 is 1.13 bits per heavy atom. The highest BCUT2D eigenvalue weighted by Crippen LogP contribution is 2.28.